The first-order chi connectivity index (χ1) is 8.65. The van der Waals surface area contributed by atoms with Crippen LogP contribution >= 0.6 is 0 Å². The van der Waals surface area contributed by atoms with E-state index in [1.54, 1.807) is 14.0 Å². The number of methoxy groups -OCH3 is 1. The second-order valence-electron chi connectivity index (χ2n) is 3.80. The Kier molecular flexibility index (Phi) is 10.0. The van der Waals surface area contributed by atoms with Crippen LogP contribution in [0.1, 0.15) is 26.7 Å². The molecule has 1 N–H and O–H groups in total. The largest absolute Gasteiger partial charge is 0.465 e. The van der Waals surface area contributed by atoms with Crippen LogP contribution in [0, 0.1) is 0 Å². The van der Waals surface area contributed by atoms with Crippen LogP contribution in [0.5, 0.6) is 0 Å². The van der Waals surface area contributed by atoms with Crippen LogP contribution in [0.4, 0.5) is 4.79 Å². The maximum Gasteiger partial charge on any atom is 0.325 e. The minimum absolute atomic E-state index is 0.0465. The SMILES string of the molecule is CCCCNC(=O)N(CCOC)CC(=O)OCC. The molecule has 0 aliphatic carbocycles. The number of rotatable bonds is 9. The van der Waals surface area contributed by atoms with E-state index in [2.05, 4.69) is 5.32 Å². The van der Waals surface area contributed by atoms with Gasteiger partial charge in [0.05, 0.1) is 13.2 Å². The van der Waals surface area contributed by atoms with Gasteiger partial charge < -0.3 is 19.7 Å². The van der Waals surface area contributed by atoms with Gasteiger partial charge in [0, 0.05) is 20.2 Å². The van der Waals surface area contributed by atoms with E-state index in [1.807, 2.05) is 6.92 Å². The predicted octanol–water partition coefficient (Wildman–Crippen LogP) is 1.01. The van der Waals surface area contributed by atoms with Crippen LogP contribution in [0.15, 0.2) is 0 Å². The first-order valence-corrected chi connectivity index (χ1v) is 6.33. The quantitative estimate of drug-likeness (QED) is 0.496. The molecule has 106 valence electrons. The molecule has 0 saturated carbocycles. The maximum atomic E-state index is 11.8. The summed E-state index contributed by atoms with van der Waals surface area (Å²) in [5.41, 5.74) is 0. The number of hydrogen-bond acceptors (Lipinski definition) is 4. The Morgan fingerprint density at radius 1 is 1.28 bits per heavy atom. The first-order valence-electron chi connectivity index (χ1n) is 6.33. The van der Waals surface area contributed by atoms with Crippen molar-refractivity contribution >= 4 is 12.0 Å². The van der Waals surface area contributed by atoms with Crippen molar-refractivity contribution in [2.45, 2.75) is 26.7 Å². The zero-order valence-corrected chi connectivity index (χ0v) is 11.5. The molecule has 0 heterocycles. The normalized spacial score (nSPS) is 9.94. The monoisotopic (exact) mass is 260 g/mol. The molecular formula is C12H24N2O4. The van der Waals surface area contributed by atoms with Gasteiger partial charge in [0.15, 0.2) is 0 Å². The molecule has 0 bridgehead atoms. The van der Waals surface area contributed by atoms with Gasteiger partial charge in [-0.15, -0.1) is 0 Å². The summed E-state index contributed by atoms with van der Waals surface area (Å²) in [4.78, 5) is 24.6. The average molecular weight is 260 g/mol. The fraction of sp³-hybridized carbons (Fsp3) is 0.833. The number of carbonyl (C=O) groups is 2. The van der Waals surface area contributed by atoms with Crippen molar-refractivity contribution in [3.8, 4) is 0 Å². The molecule has 6 nitrogen and oxygen atoms in total. The van der Waals surface area contributed by atoms with Gasteiger partial charge >= 0.3 is 12.0 Å². The van der Waals surface area contributed by atoms with E-state index >= 15 is 0 Å². The van der Waals surface area contributed by atoms with Crippen molar-refractivity contribution in [3.05, 3.63) is 0 Å². The number of nitrogens with one attached hydrogen (secondary N) is 1. The van der Waals surface area contributed by atoms with Crippen LogP contribution in [0.3, 0.4) is 0 Å². The molecule has 0 aromatic rings. The van der Waals surface area contributed by atoms with Gasteiger partial charge in [-0.3, -0.25) is 4.79 Å². The third-order valence-electron chi connectivity index (χ3n) is 2.28. The highest BCUT2D eigenvalue weighted by Crippen LogP contribution is 1.93. The molecule has 0 aliphatic heterocycles. The third-order valence-corrected chi connectivity index (χ3v) is 2.28. The fourth-order valence-electron chi connectivity index (χ4n) is 1.30. The fourth-order valence-corrected chi connectivity index (χ4v) is 1.30. The summed E-state index contributed by atoms with van der Waals surface area (Å²) in [7, 11) is 1.55. The van der Waals surface area contributed by atoms with E-state index in [9.17, 15) is 9.59 Å². The lowest BCUT2D eigenvalue weighted by Crippen LogP contribution is -2.45. The van der Waals surface area contributed by atoms with E-state index in [4.69, 9.17) is 9.47 Å². The van der Waals surface area contributed by atoms with Gasteiger partial charge in [-0.2, -0.15) is 0 Å². The van der Waals surface area contributed by atoms with Gasteiger partial charge in [-0.25, -0.2) is 4.79 Å². The number of carbonyl (C=O) groups excluding carboxylic acids is 2. The molecule has 6 heteroatoms. The highest BCUT2D eigenvalue weighted by molar-refractivity contribution is 5.80. The number of amides is 2. The Labute approximate surface area is 109 Å². The summed E-state index contributed by atoms with van der Waals surface area (Å²) in [5.74, 6) is -0.403. The molecule has 0 spiro atoms. The van der Waals surface area contributed by atoms with Crippen LogP contribution < -0.4 is 5.32 Å². The number of hydrogen-bond donors (Lipinski definition) is 1. The molecule has 0 atom stereocenters. The second kappa shape index (κ2) is 10.8. The van der Waals surface area contributed by atoms with Crippen molar-refractivity contribution in [2.24, 2.45) is 0 Å². The summed E-state index contributed by atoms with van der Waals surface area (Å²) < 4.78 is 9.74. The van der Waals surface area contributed by atoms with E-state index in [0.29, 0.717) is 26.3 Å². The van der Waals surface area contributed by atoms with Gasteiger partial charge in [0.1, 0.15) is 6.54 Å². The molecule has 0 aromatic heterocycles. The zero-order chi connectivity index (χ0) is 13.8. The van der Waals surface area contributed by atoms with E-state index in [0.717, 1.165) is 12.8 Å². The summed E-state index contributed by atoms with van der Waals surface area (Å²) in [6, 6.07) is -0.256. The Balaban J connectivity index is 4.18. The van der Waals surface area contributed by atoms with E-state index in [-0.39, 0.29) is 12.6 Å². The van der Waals surface area contributed by atoms with Gasteiger partial charge in [0.2, 0.25) is 0 Å². The van der Waals surface area contributed by atoms with Gasteiger partial charge in [-0.1, -0.05) is 13.3 Å². The van der Waals surface area contributed by atoms with Crippen molar-refractivity contribution in [2.75, 3.05) is 40.0 Å². The van der Waals surface area contributed by atoms with Gasteiger partial charge in [-0.05, 0) is 13.3 Å². The molecule has 0 radical (unpaired) electrons. The highest BCUT2D eigenvalue weighted by Gasteiger charge is 2.16. The predicted molar refractivity (Wildman–Crippen MR) is 68.4 cm³/mol. The molecule has 0 aliphatic rings. The Bertz CT molecular complexity index is 246. The standard InChI is InChI=1S/C12H24N2O4/c1-4-6-7-13-12(16)14(8-9-17-3)10-11(15)18-5-2/h4-10H2,1-3H3,(H,13,16). The number of ether oxygens (including phenoxy) is 2. The van der Waals surface area contributed by atoms with Gasteiger partial charge in [0.25, 0.3) is 0 Å². The average Bonchev–Trinajstić information content (AvgIpc) is 2.34. The minimum atomic E-state index is -0.403. The van der Waals surface area contributed by atoms with Crippen molar-refractivity contribution in [1.82, 2.24) is 10.2 Å². The lowest BCUT2D eigenvalue weighted by atomic mass is 10.3. The smallest absolute Gasteiger partial charge is 0.325 e. The van der Waals surface area contributed by atoms with Crippen LogP contribution in [0.2, 0.25) is 0 Å². The lowest BCUT2D eigenvalue weighted by molar-refractivity contribution is -0.143. The summed E-state index contributed by atoms with van der Waals surface area (Å²) in [6.07, 6.45) is 1.93. The van der Waals surface area contributed by atoms with Crippen molar-refractivity contribution in [1.29, 1.82) is 0 Å². The summed E-state index contributed by atoms with van der Waals surface area (Å²) >= 11 is 0. The summed E-state index contributed by atoms with van der Waals surface area (Å²) in [6.45, 7) is 5.42. The first kappa shape index (κ1) is 16.7. The number of unbranched alkanes of at least 4 members (excludes halogenated alkanes) is 1. The van der Waals surface area contributed by atoms with E-state index < -0.39 is 5.97 Å². The molecule has 18 heavy (non-hydrogen) atoms. The van der Waals surface area contributed by atoms with E-state index in [1.165, 1.54) is 4.90 Å². The van der Waals surface area contributed by atoms with Crippen molar-refractivity contribution in [3.63, 3.8) is 0 Å². The van der Waals surface area contributed by atoms with Crippen LogP contribution in [-0.4, -0.2) is 56.9 Å². The third kappa shape index (κ3) is 7.89. The number of nitrogens with zero attached hydrogens (tertiary/aromatic N) is 1. The molecule has 0 rings (SSSR count). The second-order valence-corrected chi connectivity index (χ2v) is 3.80. The van der Waals surface area contributed by atoms with Crippen LogP contribution in [-0.2, 0) is 14.3 Å². The van der Waals surface area contributed by atoms with Crippen molar-refractivity contribution < 1.29 is 19.1 Å². The number of esters is 1. The molecule has 2 amide bonds. The summed E-state index contributed by atoms with van der Waals surface area (Å²) in [5, 5.41) is 2.76. The molecule has 0 unspecified atom stereocenters. The molecule has 0 fully saturated rings. The topological polar surface area (TPSA) is 67.9 Å². The maximum absolute atomic E-state index is 11.8. The lowest BCUT2D eigenvalue weighted by Gasteiger charge is -2.21. The minimum Gasteiger partial charge on any atom is -0.465 e. The Morgan fingerprint density at radius 2 is 2.00 bits per heavy atom. The Hall–Kier alpha value is -1.30. The van der Waals surface area contributed by atoms with Crippen LogP contribution in [0.25, 0.3) is 0 Å². The number of urea groups is 1. The highest BCUT2D eigenvalue weighted by atomic mass is 16.5. The molecule has 0 aromatic carbocycles. The molecular weight excluding hydrogens is 236 g/mol. The Morgan fingerprint density at radius 3 is 2.56 bits per heavy atom. The molecule has 0 saturated heterocycles. The zero-order valence-electron chi connectivity index (χ0n) is 11.5.